The number of nitrogens with zero attached hydrogens (tertiary/aromatic N) is 1. The second-order valence-electron chi connectivity index (χ2n) is 3.68. The van der Waals surface area contributed by atoms with Crippen molar-refractivity contribution in [1.82, 2.24) is 0 Å². The van der Waals surface area contributed by atoms with Crippen LogP contribution in [0.15, 0.2) is 38.3 Å². The number of phenols is 1. The minimum absolute atomic E-state index is 0.0801. The van der Waals surface area contributed by atoms with Gasteiger partial charge >= 0.3 is 0 Å². The Morgan fingerprint density at radius 1 is 1.32 bits per heavy atom. The third-order valence-electron chi connectivity index (χ3n) is 2.45. The number of aromatic hydroxyl groups is 1. The summed E-state index contributed by atoms with van der Waals surface area (Å²) in [6.45, 7) is 0. The molecule has 0 saturated carbocycles. The van der Waals surface area contributed by atoms with Gasteiger partial charge in [0.1, 0.15) is 9.96 Å². The van der Waals surface area contributed by atoms with Gasteiger partial charge < -0.3 is 5.11 Å². The van der Waals surface area contributed by atoms with Crippen molar-refractivity contribution in [3.63, 3.8) is 0 Å². The summed E-state index contributed by atoms with van der Waals surface area (Å²) in [7, 11) is -2.20. The fraction of sp³-hybridized carbons (Fsp3) is 0.0909. The van der Waals surface area contributed by atoms with Gasteiger partial charge in [0.05, 0.1) is 14.5 Å². The number of anilines is 1. The molecule has 0 fully saturated rings. The molecular formula is C11H9BrClNO3S2. The van der Waals surface area contributed by atoms with Gasteiger partial charge in [0.2, 0.25) is 0 Å². The predicted molar refractivity (Wildman–Crippen MR) is 80.7 cm³/mol. The highest BCUT2D eigenvalue weighted by Gasteiger charge is 2.24. The summed E-state index contributed by atoms with van der Waals surface area (Å²) in [5.41, 5.74) is 0.457. The zero-order valence-corrected chi connectivity index (χ0v) is 13.6. The lowest BCUT2D eigenvalue weighted by molar-refractivity contribution is 0.475. The molecule has 0 bridgehead atoms. The number of phenolic OH excluding ortho intramolecular Hbond substituents is 1. The molecule has 0 aliphatic heterocycles. The van der Waals surface area contributed by atoms with E-state index in [0.29, 0.717) is 14.5 Å². The second-order valence-corrected chi connectivity index (χ2v) is 8.65. The van der Waals surface area contributed by atoms with Crippen molar-refractivity contribution in [2.45, 2.75) is 4.21 Å². The lowest BCUT2D eigenvalue weighted by Gasteiger charge is -2.18. The molecule has 1 N–H and O–H groups in total. The molecule has 1 aromatic heterocycles. The first-order valence-electron chi connectivity index (χ1n) is 5.05. The monoisotopic (exact) mass is 381 g/mol. The Hall–Kier alpha value is -0.760. The molecule has 0 radical (unpaired) electrons. The minimum Gasteiger partial charge on any atom is -0.508 e. The predicted octanol–water partition coefficient (Wildman–Crippen LogP) is 3.69. The van der Waals surface area contributed by atoms with Crippen molar-refractivity contribution >= 4 is 54.6 Å². The molecule has 0 aliphatic rings. The first kappa shape index (κ1) is 14.6. The molecule has 0 unspecified atom stereocenters. The van der Waals surface area contributed by atoms with Crippen molar-refractivity contribution in [3.05, 3.63) is 39.1 Å². The lowest BCUT2D eigenvalue weighted by Crippen LogP contribution is -2.25. The topological polar surface area (TPSA) is 57.6 Å². The summed E-state index contributed by atoms with van der Waals surface area (Å²) in [4.78, 5) is 0. The van der Waals surface area contributed by atoms with Crippen molar-refractivity contribution in [3.8, 4) is 5.75 Å². The Bertz CT molecular complexity index is 678. The van der Waals surface area contributed by atoms with Gasteiger partial charge in [0.15, 0.2) is 0 Å². The third kappa shape index (κ3) is 2.89. The Labute approximate surface area is 128 Å². The normalized spacial score (nSPS) is 11.5. The van der Waals surface area contributed by atoms with Crippen molar-refractivity contribution in [1.29, 1.82) is 0 Å². The van der Waals surface area contributed by atoms with E-state index >= 15 is 0 Å². The highest BCUT2D eigenvalue weighted by atomic mass is 79.9. The molecule has 0 amide bonds. The number of halogens is 2. The Morgan fingerprint density at radius 3 is 2.37 bits per heavy atom. The van der Waals surface area contributed by atoms with E-state index in [9.17, 15) is 13.5 Å². The van der Waals surface area contributed by atoms with Crippen LogP contribution in [0.3, 0.4) is 0 Å². The zero-order valence-electron chi connectivity index (χ0n) is 9.67. The first-order chi connectivity index (χ1) is 8.82. The summed E-state index contributed by atoms with van der Waals surface area (Å²) in [6, 6.07) is 7.31. The number of thiophene rings is 1. The SMILES string of the molecule is CN(c1ccc(O)cc1)S(=O)(=O)c1cc(Cl)c(Br)s1. The number of benzene rings is 1. The molecule has 102 valence electrons. The van der Waals surface area contributed by atoms with Crippen LogP contribution in [0.4, 0.5) is 5.69 Å². The van der Waals surface area contributed by atoms with Gasteiger partial charge in [0.25, 0.3) is 10.0 Å². The Morgan fingerprint density at radius 2 is 1.89 bits per heavy atom. The van der Waals surface area contributed by atoms with Gasteiger partial charge in [-0.25, -0.2) is 8.42 Å². The molecule has 4 nitrogen and oxygen atoms in total. The highest BCUT2D eigenvalue weighted by molar-refractivity contribution is 9.11. The maximum absolute atomic E-state index is 12.4. The summed E-state index contributed by atoms with van der Waals surface area (Å²) >= 11 is 10.1. The molecule has 8 heteroatoms. The molecule has 0 saturated heterocycles. The molecule has 1 aromatic carbocycles. The zero-order chi connectivity index (χ0) is 14.2. The summed E-state index contributed by atoms with van der Waals surface area (Å²) in [5.74, 6) is 0.0801. The van der Waals surface area contributed by atoms with Crippen LogP contribution < -0.4 is 4.31 Å². The molecule has 0 spiro atoms. The Balaban J connectivity index is 2.41. The Kier molecular flexibility index (Phi) is 4.10. The quantitative estimate of drug-likeness (QED) is 0.880. The second kappa shape index (κ2) is 5.32. The van der Waals surface area contributed by atoms with Crippen molar-refractivity contribution in [2.24, 2.45) is 0 Å². The van der Waals surface area contributed by atoms with E-state index in [1.54, 1.807) is 0 Å². The maximum atomic E-state index is 12.4. The smallest absolute Gasteiger partial charge is 0.273 e. The number of hydrogen-bond donors (Lipinski definition) is 1. The van der Waals surface area contributed by atoms with Gasteiger partial charge in [0, 0.05) is 7.05 Å². The van der Waals surface area contributed by atoms with E-state index in [-0.39, 0.29) is 9.96 Å². The molecule has 0 aliphatic carbocycles. The molecular weight excluding hydrogens is 374 g/mol. The van der Waals surface area contributed by atoms with Crippen LogP contribution in [0.5, 0.6) is 5.75 Å². The summed E-state index contributed by atoms with van der Waals surface area (Å²) in [6.07, 6.45) is 0. The van der Waals surface area contributed by atoms with Crippen LogP contribution in [-0.4, -0.2) is 20.6 Å². The van der Waals surface area contributed by atoms with Gasteiger partial charge in [-0.15, -0.1) is 11.3 Å². The van der Waals surface area contributed by atoms with E-state index < -0.39 is 10.0 Å². The van der Waals surface area contributed by atoms with E-state index in [2.05, 4.69) is 15.9 Å². The third-order valence-corrected chi connectivity index (χ3v) is 7.16. The largest absolute Gasteiger partial charge is 0.508 e. The molecule has 1 heterocycles. The summed E-state index contributed by atoms with van der Waals surface area (Å²) in [5, 5.41) is 9.57. The van der Waals surface area contributed by atoms with Crippen LogP contribution >= 0.6 is 38.9 Å². The lowest BCUT2D eigenvalue weighted by atomic mass is 10.3. The highest BCUT2D eigenvalue weighted by Crippen LogP contribution is 2.36. The van der Waals surface area contributed by atoms with Crippen LogP contribution in [-0.2, 0) is 10.0 Å². The van der Waals surface area contributed by atoms with E-state index in [1.807, 2.05) is 0 Å². The standard InChI is InChI=1S/C11H9BrClNO3S2/c1-14(7-2-4-8(15)5-3-7)19(16,17)10-6-9(13)11(12)18-10/h2-6,15H,1H3. The fourth-order valence-corrected chi connectivity index (χ4v) is 5.16. The van der Waals surface area contributed by atoms with Crippen LogP contribution in [0.2, 0.25) is 5.02 Å². The van der Waals surface area contributed by atoms with Crippen LogP contribution in [0.1, 0.15) is 0 Å². The number of hydrogen-bond acceptors (Lipinski definition) is 4. The molecule has 2 aromatic rings. The molecule has 2 rings (SSSR count). The fourth-order valence-electron chi connectivity index (χ4n) is 1.39. The minimum atomic E-state index is -3.65. The van der Waals surface area contributed by atoms with Gasteiger partial charge in [-0.05, 0) is 46.3 Å². The van der Waals surface area contributed by atoms with Crippen LogP contribution in [0, 0.1) is 0 Å². The van der Waals surface area contributed by atoms with E-state index in [1.165, 1.54) is 37.4 Å². The average molecular weight is 383 g/mol. The van der Waals surface area contributed by atoms with Crippen molar-refractivity contribution < 1.29 is 13.5 Å². The first-order valence-corrected chi connectivity index (χ1v) is 8.48. The summed E-state index contributed by atoms with van der Waals surface area (Å²) < 4.78 is 26.6. The van der Waals surface area contributed by atoms with E-state index in [0.717, 1.165) is 15.6 Å². The van der Waals surface area contributed by atoms with E-state index in [4.69, 9.17) is 11.6 Å². The number of sulfonamides is 1. The van der Waals surface area contributed by atoms with Crippen molar-refractivity contribution in [2.75, 3.05) is 11.4 Å². The van der Waals surface area contributed by atoms with Gasteiger partial charge in [-0.3, -0.25) is 4.31 Å². The number of rotatable bonds is 3. The molecule has 0 atom stereocenters. The average Bonchev–Trinajstić information content (AvgIpc) is 2.70. The molecule has 19 heavy (non-hydrogen) atoms. The van der Waals surface area contributed by atoms with Gasteiger partial charge in [-0.2, -0.15) is 0 Å². The van der Waals surface area contributed by atoms with Gasteiger partial charge in [-0.1, -0.05) is 11.6 Å². The van der Waals surface area contributed by atoms with Crippen LogP contribution in [0.25, 0.3) is 0 Å². The maximum Gasteiger partial charge on any atom is 0.273 e.